The molecule has 198 valence electrons. The molecule has 2 nitrogen and oxygen atoms in total. The first-order chi connectivity index (χ1) is 29.0. The molecule has 1 heterocycles. The van der Waals surface area contributed by atoms with Crippen LogP contribution in [0.4, 0.5) is 0 Å². The van der Waals surface area contributed by atoms with Gasteiger partial charge in [-0.25, -0.2) is 4.98 Å². The van der Waals surface area contributed by atoms with Gasteiger partial charge in [-0.1, -0.05) is 121 Å². The van der Waals surface area contributed by atoms with E-state index in [2.05, 4.69) is 4.98 Å². The summed E-state index contributed by atoms with van der Waals surface area (Å²) >= 11 is 0. The first-order valence-corrected chi connectivity index (χ1v) is 12.8. The molecule has 0 aliphatic carbocycles. The van der Waals surface area contributed by atoms with Crippen molar-refractivity contribution in [2.24, 2.45) is 0 Å². The molecular weight excluding hydrogens is 508 g/mol. The van der Waals surface area contributed by atoms with Gasteiger partial charge in [0, 0.05) is 9.80 Å². The maximum Gasteiger partial charge on any atom is 0.111 e. The van der Waals surface area contributed by atoms with Gasteiger partial charge in [0.25, 0.3) is 0 Å². The van der Waals surface area contributed by atoms with Crippen LogP contribution >= 0.6 is 0 Å². The molecule has 0 unspecified atom stereocenters. The zero-order valence-electron chi connectivity index (χ0n) is 41.5. The van der Waals surface area contributed by atoms with Crippen molar-refractivity contribution < 1.29 is 27.4 Å². The minimum Gasteiger partial charge on any atom is -0.297 e. The van der Waals surface area contributed by atoms with Crippen LogP contribution in [0.1, 0.15) is 33.2 Å². The van der Waals surface area contributed by atoms with E-state index < -0.39 is 153 Å². The van der Waals surface area contributed by atoms with Crippen molar-refractivity contribution >= 4 is 32.6 Å². The van der Waals surface area contributed by atoms with E-state index in [4.69, 9.17) is 20.6 Å². The van der Waals surface area contributed by atoms with Crippen LogP contribution in [-0.4, -0.2) is 9.55 Å². The third-order valence-corrected chi connectivity index (χ3v) is 6.95. The number of fused-ring (bicyclic) bond motifs is 3. The van der Waals surface area contributed by atoms with E-state index in [-0.39, 0.29) is 22.6 Å². The lowest BCUT2D eigenvalue weighted by Crippen LogP contribution is -1.97. The molecule has 0 aliphatic heterocycles. The topological polar surface area (TPSA) is 17.8 Å². The molecule has 0 atom stereocenters. The first-order valence-electron chi connectivity index (χ1n) is 22.8. The van der Waals surface area contributed by atoms with Crippen molar-refractivity contribution in [2.45, 2.75) is 6.85 Å². The average Bonchev–Trinajstić information content (AvgIpc) is 3.65. The van der Waals surface area contributed by atoms with Crippen LogP contribution in [0.25, 0.3) is 71.6 Å². The fourth-order valence-corrected chi connectivity index (χ4v) is 5.20. The molecule has 8 aromatic rings. The highest BCUT2D eigenvalue weighted by molar-refractivity contribution is 6.21. The van der Waals surface area contributed by atoms with E-state index in [1.807, 2.05) is 0 Å². The van der Waals surface area contributed by atoms with E-state index in [9.17, 15) is 6.85 Å². The summed E-state index contributed by atoms with van der Waals surface area (Å²) in [4.78, 5) is 4.35. The Morgan fingerprint density at radius 3 is 1.93 bits per heavy atom. The Balaban J connectivity index is 1.67. The van der Waals surface area contributed by atoms with Crippen molar-refractivity contribution in [3.8, 4) is 39.1 Å². The molecule has 7 aromatic carbocycles. The second-order valence-electron chi connectivity index (χ2n) is 9.31. The number of imidazole rings is 1. The number of hydrogen-bond donors (Lipinski definition) is 0. The molecule has 0 saturated carbocycles. The quantitative estimate of drug-likeness (QED) is 0.197. The Morgan fingerprint density at radius 2 is 1.21 bits per heavy atom. The van der Waals surface area contributed by atoms with Gasteiger partial charge in [0.05, 0.1) is 34.3 Å². The molecule has 0 aliphatic rings. The van der Waals surface area contributed by atoms with Gasteiger partial charge in [0.15, 0.2) is 0 Å². The normalized spacial score (nSPS) is 18.5. The average molecular weight is 557 g/mol. The van der Waals surface area contributed by atoms with Crippen LogP contribution < -0.4 is 0 Å². The number of benzene rings is 7. The predicted octanol–water partition coefficient (Wildman–Crippen LogP) is 10.6. The molecule has 0 bridgehead atoms. The van der Waals surface area contributed by atoms with Crippen LogP contribution in [-0.2, 0) is 0 Å². The van der Waals surface area contributed by atoms with Crippen molar-refractivity contribution in [2.75, 3.05) is 0 Å². The zero-order chi connectivity index (χ0) is 45.3. The van der Waals surface area contributed by atoms with Gasteiger partial charge in [-0.2, -0.15) is 0 Å². The van der Waals surface area contributed by atoms with E-state index in [0.29, 0.717) is 11.0 Å². The summed E-state index contributed by atoms with van der Waals surface area (Å²) in [6, 6.07) is -1.38. The minimum atomic E-state index is -2.71. The molecule has 0 saturated heterocycles. The highest BCUT2D eigenvalue weighted by Crippen LogP contribution is 2.44. The van der Waals surface area contributed by atoms with Gasteiger partial charge < -0.3 is 0 Å². The van der Waals surface area contributed by atoms with Crippen molar-refractivity contribution in [1.82, 2.24) is 9.55 Å². The second-order valence-corrected chi connectivity index (χ2v) is 9.31. The van der Waals surface area contributed by atoms with Crippen molar-refractivity contribution in [1.29, 1.82) is 0 Å². The maximum absolute atomic E-state index is 9.94. The highest BCUT2D eigenvalue weighted by Gasteiger charge is 2.17. The number of rotatable bonds is 4. The highest BCUT2D eigenvalue weighted by atomic mass is 15.1. The fourth-order valence-electron chi connectivity index (χ4n) is 5.20. The number of aryl methyl sites for hydroxylation is 1. The number of aromatic nitrogens is 2. The first kappa shape index (κ1) is 11.4. The molecule has 8 rings (SSSR count). The number of hydrogen-bond acceptors (Lipinski definition) is 1. The molecule has 42 heavy (non-hydrogen) atoms. The Morgan fingerprint density at radius 1 is 0.571 bits per heavy atom. The van der Waals surface area contributed by atoms with E-state index in [0.717, 1.165) is 0 Å². The fraction of sp³-hybridized carbons (Fsp3) is 0.0250. The third kappa shape index (κ3) is 3.92. The van der Waals surface area contributed by atoms with Crippen LogP contribution in [0.5, 0.6) is 0 Å². The smallest absolute Gasteiger partial charge is 0.111 e. The lowest BCUT2D eigenvalue weighted by Gasteiger charge is -2.19. The molecule has 0 N–H and O–H groups in total. The summed E-state index contributed by atoms with van der Waals surface area (Å²) in [6.07, 6.45) is 0. The lowest BCUT2D eigenvalue weighted by atomic mass is 9.85. The number of para-hydroxylation sites is 2. The third-order valence-electron chi connectivity index (χ3n) is 6.95. The van der Waals surface area contributed by atoms with Crippen molar-refractivity contribution in [3.63, 3.8) is 0 Å². The molecular formula is C40H28N2. The summed E-state index contributed by atoms with van der Waals surface area (Å²) in [5, 5.41) is -2.15. The second kappa shape index (κ2) is 9.87. The van der Waals surface area contributed by atoms with Gasteiger partial charge in [-0.3, -0.25) is 4.57 Å². The zero-order valence-corrected chi connectivity index (χ0v) is 21.5. The van der Waals surface area contributed by atoms with Crippen LogP contribution in [0, 0.1) is 6.85 Å². The molecule has 0 spiro atoms. The lowest BCUT2D eigenvalue weighted by molar-refractivity contribution is 1.00. The van der Waals surface area contributed by atoms with Gasteiger partial charge in [-0.15, -0.1) is 0 Å². The Bertz CT molecular complexity index is 3260. The van der Waals surface area contributed by atoms with Crippen LogP contribution in [0.2, 0.25) is 0 Å². The summed E-state index contributed by atoms with van der Waals surface area (Å²) in [7, 11) is 0. The molecule has 0 amide bonds. The van der Waals surface area contributed by atoms with E-state index in [1.54, 1.807) is 30.3 Å². The largest absolute Gasteiger partial charge is 0.297 e. The van der Waals surface area contributed by atoms with Crippen molar-refractivity contribution in [3.05, 3.63) is 157 Å². The summed E-state index contributed by atoms with van der Waals surface area (Å²) < 4.78 is 178. The van der Waals surface area contributed by atoms with E-state index >= 15 is 0 Å². The summed E-state index contributed by atoms with van der Waals surface area (Å²) in [6.45, 7) is -2.71. The van der Waals surface area contributed by atoms with Gasteiger partial charge >= 0.3 is 0 Å². The summed E-state index contributed by atoms with van der Waals surface area (Å²) in [5.74, 6) is -0.305. The SMILES string of the molecule is [2H]c1c([2H])c([2H])c(-c2c3c([2H])c([2H])c([2H])c([2H])c3c(-c3c([2H])c([2H])c([2H])c([2H])c3[2H])c3c([2H])c(-c4cccc(-n5c(C([2H])([2H])[2H])nc6ccccc65)c4)c([2H])c([2H])c23)c([2H])c1[2H]. The summed E-state index contributed by atoms with van der Waals surface area (Å²) in [5.41, 5.74) is -1.66. The van der Waals surface area contributed by atoms with Gasteiger partial charge in [-0.05, 0) is 92.1 Å². The predicted molar refractivity (Wildman–Crippen MR) is 177 cm³/mol. The maximum atomic E-state index is 9.94. The Labute approximate surface area is 273 Å². The number of nitrogens with zero attached hydrogens (tertiary/aromatic N) is 2. The molecule has 1 aromatic heterocycles. The minimum absolute atomic E-state index is 0.0496. The van der Waals surface area contributed by atoms with Crippen LogP contribution in [0.3, 0.4) is 0 Å². The van der Waals surface area contributed by atoms with Gasteiger partial charge in [0.2, 0.25) is 0 Å². The molecule has 2 heteroatoms. The van der Waals surface area contributed by atoms with Crippen LogP contribution in [0.15, 0.2) is 151 Å². The monoisotopic (exact) mass is 556 g/mol. The van der Waals surface area contributed by atoms with E-state index in [1.165, 1.54) is 22.8 Å². The molecule has 0 fully saturated rings. The standard InChI is InChI=1S/C40H28N2/c1-27-41-37-21-10-11-22-38(37)42(27)32-18-12-17-30(25-32)31-23-24-35-36(26-31)40(29-15-6-3-7-16-29)34-20-9-8-19-33(34)39(35)28-13-4-2-5-14-28/h2-26H,1H3/i1D3,2D,3D,4D,5D,6D,7D,8D,9D,13D,14D,15D,16D,19D,20D,23D,24D,26D. The van der Waals surface area contributed by atoms with Gasteiger partial charge in [0.1, 0.15) is 5.82 Å². The molecule has 0 radical (unpaired) electrons. The Kier molecular flexibility index (Phi) is 2.68. The Hall–Kier alpha value is -5.47.